The minimum Gasteiger partial charge on any atom is -0.453 e. The summed E-state index contributed by atoms with van der Waals surface area (Å²) in [6.45, 7) is 5.17. The van der Waals surface area contributed by atoms with Crippen molar-refractivity contribution in [1.29, 1.82) is 0 Å². The van der Waals surface area contributed by atoms with E-state index >= 15 is 0 Å². The highest BCUT2D eigenvalue weighted by molar-refractivity contribution is 5.81. The van der Waals surface area contributed by atoms with Gasteiger partial charge in [-0.05, 0) is 25.1 Å². The second-order valence-electron chi connectivity index (χ2n) is 5.03. The van der Waals surface area contributed by atoms with E-state index in [1.54, 1.807) is 0 Å². The molecular formula is C16H19N3O2. The summed E-state index contributed by atoms with van der Waals surface area (Å²) in [7, 11) is 0. The van der Waals surface area contributed by atoms with E-state index in [0.29, 0.717) is 23.5 Å². The fourth-order valence-electron chi connectivity index (χ4n) is 2.39. The van der Waals surface area contributed by atoms with Crippen molar-refractivity contribution in [3.05, 3.63) is 36.2 Å². The molecule has 5 nitrogen and oxygen atoms in total. The lowest BCUT2D eigenvalue weighted by atomic mass is 10.1. The molecule has 5 heteroatoms. The van der Waals surface area contributed by atoms with Gasteiger partial charge in [0.2, 0.25) is 11.7 Å². The topological polar surface area (TPSA) is 64.1 Å². The van der Waals surface area contributed by atoms with Gasteiger partial charge in [-0.3, -0.25) is 0 Å². The minimum absolute atomic E-state index is 0.360. The molecule has 0 bridgehead atoms. The third kappa shape index (κ3) is 2.97. The van der Waals surface area contributed by atoms with Crippen LogP contribution >= 0.6 is 0 Å². The zero-order chi connectivity index (χ0) is 14.7. The Morgan fingerprint density at radius 2 is 2.10 bits per heavy atom. The van der Waals surface area contributed by atoms with E-state index in [4.69, 9.17) is 8.94 Å². The normalized spacial score (nSPS) is 12.9. The molecule has 21 heavy (non-hydrogen) atoms. The van der Waals surface area contributed by atoms with Crippen molar-refractivity contribution in [3.8, 4) is 11.6 Å². The Morgan fingerprint density at radius 3 is 2.86 bits per heavy atom. The third-order valence-corrected chi connectivity index (χ3v) is 3.52. The maximum atomic E-state index is 5.75. The lowest BCUT2D eigenvalue weighted by molar-refractivity contribution is 0.355. The minimum atomic E-state index is 0.360. The number of hydrogen-bond donors (Lipinski definition) is 1. The average Bonchev–Trinajstić information content (AvgIpc) is 3.12. The summed E-state index contributed by atoms with van der Waals surface area (Å²) in [5, 5.41) is 8.46. The van der Waals surface area contributed by atoms with Crippen molar-refractivity contribution < 1.29 is 8.94 Å². The van der Waals surface area contributed by atoms with E-state index in [2.05, 4.69) is 29.3 Å². The Bertz CT molecular complexity index is 684. The number of para-hydroxylation sites is 1. The largest absolute Gasteiger partial charge is 0.453 e. The first-order valence-corrected chi connectivity index (χ1v) is 7.35. The summed E-state index contributed by atoms with van der Waals surface area (Å²) in [5.41, 5.74) is 0.831. The van der Waals surface area contributed by atoms with E-state index in [-0.39, 0.29) is 0 Å². The molecule has 1 N–H and O–H groups in total. The Labute approximate surface area is 123 Å². The molecule has 1 unspecified atom stereocenters. The molecule has 110 valence electrons. The predicted molar refractivity (Wildman–Crippen MR) is 81.0 cm³/mol. The van der Waals surface area contributed by atoms with Gasteiger partial charge in [0.15, 0.2) is 5.76 Å². The van der Waals surface area contributed by atoms with Gasteiger partial charge in [-0.25, -0.2) is 0 Å². The van der Waals surface area contributed by atoms with E-state index in [9.17, 15) is 0 Å². The van der Waals surface area contributed by atoms with Crippen molar-refractivity contribution in [1.82, 2.24) is 15.5 Å². The standard InChI is InChI=1S/C16H19N3O2/c1-3-12(17-4-2)10-15-18-16(19-21-15)14-9-11-7-5-6-8-13(11)20-14/h5-9,12,17H,3-4,10H2,1-2H3. The van der Waals surface area contributed by atoms with Gasteiger partial charge in [-0.1, -0.05) is 37.2 Å². The molecule has 0 spiro atoms. The number of aromatic nitrogens is 2. The van der Waals surface area contributed by atoms with Crippen LogP contribution in [0.4, 0.5) is 0 Å². The van der Waals surface area contributed by atoms with Crippen molar-refractivity contribution in [2.75, 3.05) is 6.54 Å². The van der Waals surface area contributed by atoms with Crippen molar-refractivity contribution in [2.45, 2.75) is 32.7 Å². The summed E-state index contributed by atoms with van der Waals surface area (Å²) >= 11 is 0. The van der Waals surface area contributed by atoms with Crippen LogP contribution < -0.4 is 5.32 Å². The third-order valence-electron chi connectivity index (χ3n) is 3.52. The van der Waals surface area contributed by atoms with Crippen molar-refractivity contribution in [2.24, 2.45) is 0 Å². The molecule has 3 rings (SSSR count). The first-order valence-electron chi connectivity index (χ1n) is 7.35. The van der Waals surface area contributed by atoms with Crippen LogP contribution in [0.3, 0.4) is 0 Å². The zero-order valence-electron chi connectivity index (χ0n) is 12.3. The summed E-state index contributed by atoms with van der Waals surface area (Å²) in [5.74, 6) is 1.79. The molecule has 0 aliphatic carbocycles. The van der Waals surface area contributed by atoms with Gasteiger partial charge in [-0.2, -0.15) is 4.98 Å². The van der Waals surface area contributed by atoms with Crippen LogP contribution in [0.15, 0.2) is 39.3 Å². The lowest BCUT2D eigenvalue weighted by Gasteiger charge is -2.12. The van der Waals surface area contributed by atoms with Gasteiger partial charge < -0.3 is 14.3 Å². The van der Waals surface area contributed by atoms with Crippen LogP contribution in [0.25, 0.3) is 22.6 Å². The van der Waals surface area contributed by atoms with Gasteiger partial charge in [0.25, 0.3) is 0 Å². The quantitative estimate of drug-likeness (QED) is 0.752. The molecule has 0 amide bonds. The summed E-state index contributed by atoms with van der Waals surface area (Å²) in [6.07, 6.45) is 1.76. The van der Waals surface area contributed by atoms with Crippen molar-refractivity contribution in [3.63, 3.8) is 0 Å². The fourth-order valence-corrected chi connectivity index (χ4v) is 2.39. The molecule has 0 saturated heterocycles. The molecule has 0 saturated carbocycles. The number of likely N-dealkylation sites (N-methyl/N-ethyl adjacent to an activating group) is 1. The fraction of sp³-hybridized carbons (Fsp3) is 0.375. The van der Waals surface area contributed by atoms with Crippen LogP contribution in [0, 0.1) is 0 Å². The van der Waals surface area contributed by atoms with Crippen LogP contribution in [0.5, 0.6) is 0 Å². The molecule has 1 atom stereocenters. The lowest BCUT2D eigenvalue weighted by Crippen LogP contribution is -2.30. The molecule has 2 heterocycles. The molecule has 2 aromatic heterocycles. The second-order valence-corrected chi connectivity index (χ2v) is 5.03. The van der Waals surface area contributed by atoms with E-state index in [1.165, 1.54) is 0 Å². The van der Waals surface area contributed by atoms with Gasteiger partial charge in [-0.15, -0.1) is 0 Å². The first-order chi connectivity index (χ1) is 10.3. The Balaban J connectivity index is 1.80. The maximum Gasteiger partial charge on any atom is 0.238 e. The number of hydrogen-bond acceptors (Lipinski definition) is 5. The molecule has 1 aromatic carbocycles. The van der Waals surface area contributed by atoms with Gasteiger partial charge >= 0.3 is 0 Å². The number of nitrogens with zero attached hydrogens (tertiary/aromatic N) is 2. The zero-order valence-corrected chi connectivity index (χ0v) is 12.3. The highest BCUT2D eigenvalue weighted by Gasteiger charge is 2.16. The number of benzene rings is 1. The highest BCUT2D eigenvalue weighted by atomic mass is 16.5. The predicted octanol–water partition coefficient (Wildman–Crippen LogP) is 3.41. The average molecular weight is 285 g/mol. The van der Waals surface area contributed by atoms with Crippen molar-refractivity contribution >= 4 is 11.0 Å². The van der Waals surface area contributed by atoms with Gasteiger partial charge in [0, 0.05) is 17.8 Å². The molecular weight excluding hydrogens is 266 g/mol. The van der Waals surface area contributed by atoms with E-state index in [0.717, 1.165) is 30.4 Å². The van der Waals surface area contributed by atoms with E-state index < -0.39 is 0 Å². The molecule has 0 fully saturated rings. The maximum absolute atomic E-state index is 5.75. The Kier molecular flexibility index (Phi) is 4.01. The monoisotopic (exact) mass is 285 g/mol. The molecule has 0 radical (unpaired) electrons. The summed E-state index contributed by atoms with van der Waals surface area (Å²) < 4.78 is 11.1. The number of nitrogens with one attached hydrogen (secondary N) is 1. The molecule has 3 aromatic rings. The second kappa shape index (κ2) is 6.10. The number of fused-ring (bicyclic) bond motifs is 1. The summed E-state index contributed by atoms with van der Waals surface area (Å²) in [6, 6.07) is 10.1. The molecule has 0 aliphatic rings. The summed E-state index contributed by atoms with van der Waals surface area (Å²) in [4.78, 5) is 4.43. The Hall–Kier alpha value is -2.14. The number of furan rings is 1. The van der Waals surface area contributed by atoms with Gasteiger partial charge in [0.05, 0.1) is 0 Å². The van der Waals surface area contributed by atoms with Crippen LogP contribution in [-0.4, -0.2) is 22.7 Å². The Morgan fingerprint density at radius 1 is 1.24 bits per heavy atom. The number of rotatable bonds is 6. The van der Waals surface area contributed by atoms with E-state index in [1.807, 2.05) is 30.3 Å². The van der Waals surface area contributed by atoms with Crippen LogP contribution in [0.1, 0.15) is 26.2 Å². The SMILES string of the molecule is CCNC(CC)Cc1nc(-c2cc3ccccc3o2)no1. The smallest absolute Gasteiger partial charge is 0.238 e. The van der Waals surface area contributed by atoms with Crippen LogP contribution in [-0.2, 0) is 6.42 Å². The van der Waals surface area contributed by atoms with Crippen LogP contribution in [0.2, 0.25) is 0 Å². The highest BCUT2D eigenvalue weighted by Crippen LogP contribution is 2.25. The first kappa shape index (κ1) is 13.8. The molecule has 0 aliphatic heterocycles. The van der Waals surface area contributed by atoms with Gasteiger partial charge in [0.1, 0.15) is 5.58 Å².